The lowest BCUT2D eigenvalue weighted by Gasteiger charge is -2.19. The van der Waals surface area contributed by atoms with Crippen LogP contribution in [0.3, 0.4) is 0 Å². The summed E-state index contributed by atoms with van der Waals surface area (Å²) in [6.45, 7) is 0.688. The summed E-state index contributed by atoms with van der Waals surface area (Å²) in [7, 11) is -4.04. The van der Waals surface area contributed by atoms with Crippen molar-refractivity contribution in [2.24, 2.45) is 0 Å². The van der Waals surface area contributed by atoms with Gasteiger partial charge in [0.2, 0.25) is 10.0 Å². The van der Waals surface area contributed by atoms with Crippen LogP contribution in [0.2, 0.25) is 5.02 Å². The third-order valence-corrected chi connectivity index (χ3v) is 4.13. The number of nitrogens with zero attached hydrogens (tertiary/aromatic N) is 1. The number of sulfonamides is 1. The maximum atomic E-state index is 12.1. The van der Waals surface area contributed by atoms with Gasteiger partial charge in [-0.25, -0.2) is 8.42 Å². The molecule has 7 nitrogen and oxygen atoms in total. The van der Waals surface area contributed by atoms with Gasteiger partial charge >= 0.3 is 5.97 Å². The van der Waals surface area contributed by atoms with E-state index in [9.17, 15) is 18.3 Å². The predicted octanol–water partition coefficient (Wildman–Crippen LogP) is 0.434. The number of aliphatic hydroxyl groups excluding tert-OH is 1. The Balaban J connectivity index is 2.95. The first-order valence-corrected chi connectivity index (χ1v) is 7.63. The van der Waals surface area contributed by atoms with Crippen LogP contribution in [-0.4, -0.2) is 38.2 Å². The molecule has 0 spiro atoms. The number of halogens is 1. The Morgan fingerprint density at radius 3 is 2.52 bits per heavy atom. The summed E-state index contributed by atoms with van der Waals surface area (Å²) in [5, 5.41) is 18.2. The molecule has 2 atom stereocenters. The highest BCUT2D eigenvalue weighted by molar-refractivity contribution is 7.89. The zero-order chi connectivity index (χ0) is 16.0. The van der Waals surface area contributed by atoms with E-state index in [-0.39, 0.29) is 4.90 Å². The first-order chi connectivity index (χ1) is 9.77. The van der Waals surface area contributed by atoms with Crippen molar-refractivity contribution in [3.8, 4) is 6.07 Å². The minimum Gasteiger partial charge on any atom is -0.449 e. The minimum absolute atomic E-state index is 0.120. The number of hydrogen-bond donors (Lipinski definition) is 2. The van der Waals surface area contributed by atoms with Crippen molar-refractivity contribution in [3.05, 3.63) is 29.3 Å². The second kappa shape index (κ2) is 7.38. The van der Waals surface area contributed by atoms with Crippen molar-refractivity contribution in [1.82, 2.24) is 4.72 Å². The van der Waals surface area contributed by atoms with Gasteiger partial charge in [0.05, 0.1) is 11.0 Å². The highest BCUT2D eigenvalue weighted by Crippen LogP contribution is 2.15. The Labute approximate surface area is 127 Å². The Kier molecular flexibility index (Phi) is 6.11. The van der Waals surface area contributed by atoms with E-state index in [4.69, 9.17) is 16.9 Å². The lowest BCUT2D eigenvalue weighted by Crippen LogP contribution is -2.48. The van der Waals surface area contributed by atoms with E-state index in [1.54, 1.807) is 6.07 Å². The molecule has 2 N–H and O–H groups in total. The van der Waals surface area contributed by atoms with Crippen molar-refractivity contribution in [2.45, 2.75) is 24.0 Å². The number of carbonyl (C=O) groups is 1. The topological polar surface area (TPSA) is 116 Å². The van der Waals surface area contributed by atoms with Crippen molar-refractivity contribution in [1.29, 1.82) is 5.26 Å². The highest BCUT2D eigenvalue weighted by Gasteiger charge is 2.30. The van der Waals surface area contributed by atoms with E-state index in [1.165, 1.54) is 31.2 Å². The van der Waals surface area contributed by atoms with Crippen LogP contribution in [-0.2, 0) is 19.6 Å². The molecule has 114 valence electrons. The fourth-order valence-electron chi connectivity index (χ4n) is 1.39. The number of benzene rings is 1. The summed E-state index contributed by atoms with van der Waals surface area (Å²) in [4.78, 5) is 11.5. The molecule has 9 heteroatoms. The fourth-order valence-corrected chi connectivity index (χ4v) is 2.77. The number of esters is 1. The second-order valence-corrected chi connectivity index (χ2v) is 6.21. The maximum Gasteiger partial charge on any atom is 0.327 e. The second-order valence-electron chi connectivity index (χ2n) is 4.06. The number of ether oxygens (including phenoxy) is 1. The Hall–Kier alpha value is -1.66. The summed E-state index contributed by atoms with van der Waals surface area (Å²) < 4.78 is 30.7. The van der Waals surface area contributed by atoms with Crippen LogP contribution in [0.5, 0.6) is 0 Å². The molecule has 1 aromatic rings. The van der Waals surface area contributed by atoms with Crippen LogP contribution in [0.25, 0.3) is 0 Å². The predicted molar refractivity (Wildman–Crippen MR) is 73.8 cm³/mol. The van der Waals surface area contributed by atoms with Gasteiger partial charge in [0, 0.05) is 5.02 Å². The van der Waals surface area contributed by atoms with Crippen LogP contribution >= 0.6 is 11.6 Å². The summed E-state index contributed by atoms with van der Waals surface area (Å²) in [6.07, 6.45) is -1.33. The molecule has 0 fully saturated rings. The molecule has 0 aliphatic carbocycles. The van der Waals surface area contributed by atoms with Crippen LogP contribution < -0.4 is 4.72 Å². The Morgan fingerprint density at radius 1 is 1.48 bits per heavy atom. The normalized spacial score (nSPS) is 14.0. The summed E-state index contributed by atoms with van der Waals surface area (Å²) >= 11 is 5.67. The largest absolute Gasteiger partial charge is 0.449 e. The quantitative estimate of drug-likeness (QED) is 0.730. The van der Waals surface area contributed by atoms with E-state index >= 15 is 0 Å². The van der Waals surface area contributed by atoms with Gasteiger partial charge in [0.25, 0.3) is 0 Å². The maximum absolute atomic E-state index is 12.1. The van der Waals surface area contributed by atoms with Crippen LogP contribution in [0, 0.1) is 11.3 Å². The van der Waals surface area contributed by atoms with E-state index in [2.05, 4.69) is 4.74 Å². The summed E-state index contributed by atoms with van der Waals surface area (Å²) in [6, 6.07) is 5.32. The van der Waals surface area contributed by atoms with Gasteiger partial charge in [-0.2, -0.15) is 9.98 Å². The van der Waals surface area contributed by atoms with Gasteiger partial charge in [0.1, 0.15) is 12.1 Å². The lowest BCUT2D eigenvalue weighted by molar-refractivity contribution is -0.146. The first kappa shape index (κ1) is 17.4. The zero-order valence-corrected chi connectivity index (χ0v) is 12.6. The number of carbonyl (C=O) groups excluding carboxylic acids is 1. The Bertz CT molecular complexity index is 637. The molecule has 0 aliphatic heterocycles. The summed E-state index contributed by atoms with van der Waals surface area (Å²) in [5.74, 6) is -1.04. The van der Waals surface area contributed by atoms with Crippen LogP contribution in [0.15, 0.2) is 29.2 Å². The van der Waals surface area contributed by atoms with Gasteiger partial charge < -0.3 is 9.84 Å². The van der Waals surface area contributed by atoms with Crippen molar-refractivity contribution in [2.75, 3.05) is 6.61 Å². The van der Waals surface area contributed by atoms with E-state index in [1.807, 2.05) is 4.72 Å². The summed E-state index contributed by atoms with van der Waals surface area (Å²) in [5.41, 5.74) is 0. The zero-order valence-electron chi connectivity index (χ0n) is 11.0. The average Bonchev–Trinajstić information content (AvgIpc) is 2.42. The van der Waals surface area contributed by atoms with E-state index in [0.717, 1.165) is 0 Å². The standard InChI is InChI=1S/C12H13ClN2O5S/c1-8(16)11(12(17)20-7-6-14)15-21(18,19)10-4-2-9(13)3-5-10/h2-5,8,11,15-16H,7H2,1H3/t8-,11+/m1/s1. The van der Waals surface area contributed by atoms with Gasteiger partial charge in [-0.3, -0.25) is 4.79 Å². The van der Waals surface area contributed by atoms with E-state index < -0.39 is 34.7 Å². The van der Waals surface area contributed by atoms with Crippen molar-refractivity contribution in [3.63, 3.8) is 0 Å². The van der Waals surface area contributed by atoms with Gasteiger partial charge in [-0.05, 0) is 31.2 Å². The molecule has 0 saturated carbocycles. The van der Waals surface area contributed by atoms with Gasteiger partial charge in [-0.1, -0.05) is 11.6 Å². The molecule has 21 heavy (non-hydrogen) atoms. The number of hydrogen-bond acceptors (Lipinski definition) is 6. The third kappa shape index (κ3) is 4.99. The SMILES string of the molecule is C[C@@H](O)[C@H](NS(=O)(=O)c1ccc(Cl)cc1)C(=O)OCC#N. The average molecular weight is 333 g/mol. The minimum atomic E-state index is -4.04. The molecule has 0 unspecified atom stereocenters. The van der Waals surface area contributed by atoms with Crippen molar-refractivity contribution >= 4 is 27.6 Å². The molecule has 1 aromatic carbocycles. The molecule has 0 bridgehead atoms. The molecule has 0 aliphatic rings. The van der Waals surface area contributed by atoms with Crippen molar-refractivity contribution < 1.29 is 23.1 Å². The molecule has 0 heterocycles. The number of nitrogens with one attached hydrogen (secondary N) is 1. The molecule has 0 radical (unpaired) electrons. The van der Waals surface area contributed by atoms with Gasteiger partial charge in [-0.15, -0.1) is 0 Å². The highest BCUT2D eigenvalue weighted by atomic mass is 35.5. The number of aliphatic hydroxyl groups is 1. The Morgan fingerprint density at radius 2 is 2.05 bits per heavy atom. The van der Waals surface area contributed by atoms with Crippen LogP contribution in [0.4, 0.5) is 0 Å². The number of rotatable bonds is 6. The molecule has 0 saturated heterocycles. The van der Waals surface area contributed by atoms with E-state index in [0.29, 0.717) is 5.02 Å². The lowest BCUT2D eigenvalue weighted by atomic mass is 10.2. The molecular formula is C12H13ClN2O5S. The molecule has 0 aromatic heterocycles. The van der Waals surface area contributed by atoms with Gasteiger partial charge in [0.15, 0.2) is 6.61 Å². The first-order valence-electron chi connectivity index (χ1n) is 5.77. The monoisotopic (exact) mass is 332 g/mol. The third-order valence-electron chi connectivity index (χ3n) is 2.42. The molecule has 1 rings (SSSR count). The molecule has 0 amide bonds. The van der Waals surface area contributed by atoms with Crippen LogP contribution in [0.1, 0.15) is 6.92 Å². The smallest absolute Gasteiger partial charge is 0.327 e. The molecular weight excluding hydrogens is 320 g/mol. The number of nitriles is 1. The fraction of sp³-hybridized carbons (Fsp3) is 0.333.